The smallest absolute Gasteiger partial charge is 0.356 e. The Morgan fingerprint density at radius 3 is 2.71 bits per heavy atom. The number of hydrogen-bond donors (Lipinski definition) is 1. The highest BCUT2D eigenvalue weighted by molar-refractivity contribution is 7.16. The Bertz CT molecular complexity index is 805. The summed E-state index contributed by atoms with van der Waals surface area (Å²) in [6.45, 7) is 1.67. The fourth-order valence-electron chi connectivity index (χ4n) is 2.12. The van der Waals surface area contributed by atoms with Gasteiger partial charge >= 0.3 is 5.97 Å². The van der Waals surface area contributed by atoms with Gasteiger partial charge in [-0.05, 0) is 24.6 Å². The molecule has 6 nitrogen and oxygen atoms in total. The summed E-state index contributed by atoms with van der Waals surface area (Å²) >= 11 is 1.40. The quantitative estimate of drug-likeness (QED) is 0.801. The highest BCUT2D eigenvalue weighted by atomic mass is 32.1. The number of aryl methyl sites for hydroxylation is 1. The first kappa shape index (κ1) is 13.6. The zero-order valence-electron chi connectivity index (χ0n) is 11.5. The zero-order chi connectivity index (χ0) is 15.0. The maximum Gasteiger partial charge on any atom is 0.356 e. The Kier molecular flexibility index (Phi) is 3.34. The van der Waals surface area contributed by atoms with E-state index in [1.165, 1.54) is 15.9 Å². The molecular formula is C14H13N3O3S. The van der Waals surface area contributed by atoms with Crippen molar-refractivity contribution in [2.24, 2.45) is 0 Å². The van der Waals surface area contributed by atoms with Crippen LogP contribution in [0.1, 0.15) is 26.8 Å². The van der Waals surface area contributed by atoms with Crippen LogP contribution in [0.15, 0.2) is 24.3 Å². The first-order valence-electron chi connectivity index (χ1n) is 6.29. The van der Waals surface area contributed by atoms with Crippen molar-refractivity contribution in [3.8, 4) is 5.75 Å². The van der Waals surface area contributed by atoms with Crippen LogP contribution in [0.25, 0.3) is 4.96 Å². The van der Waals surface area contributed by atoms with Crippen molar-refractivity contribution in [3.63, 3.8) is 0 Å². The zero-order valence-corrected chi connectivity index (χ0v) is 12.3. The van der Waals surface area contributed by atoms with E-state index in [1.807, 2.05) is 24.3 Å². The molecule has 21 heavy (non-hydrogen) atoms. The fourth-order valence-corrected chi connectivity index (χ4v) is 3.10. The lowest BCUT2D eigenvalue weighted by Gasteiger charge is -2.01. The minimum atomic E-state index is -1.01. The van der Waals surface area contributed by atoms with Gasteiger partial charge in [0, 0.05) is 6.42 Å². The number of carbonyl (C=O) groups is 1. The third-order valence-electron chi connectivity index (χ3n) is 3.14. The van der Waals surface area contributed by atoms with Gasteiger partial charge in [0.15, 0.2) is 5.69 Å². The number of aromatic nitrogens is 3. The third-order valence-corrected chi connectivity index (χ3v) is 4.05. The molecule has 7 heteroatoms. The predicted octanol–water partition coefficient (Wildman–Crippen LogP) is 2.40. The summed E-state index contributed by atoms with van der Waals surface area (Å²) in [5.41, 5.74) is 1.70. The van der Waals surface area contributed by atoms with E-state index in [0.717, 1.165) is 16.3 Å². The molecule has 0 unspecified atom stereocenters. The summed E-state index contributed by atoms with van der Waals surface area (Å²) in [5, 5.41) is 14.4. The van der Waals surface area contributed by atoms with Crippen LogP contribution >= 0.6 is 11.3 Å². The summed E-state index contributed by atoms with van der Waals surface area (Å²) in [5.74, 6) is -0.210. The number of fused-ring (bicyclic) bond motifs is 1. The average Bonchev–Trinajstić information content (AvgIpc) is 2.94. The molecule has 0 bridgehead atoms. The first-order valence-corrected chi connectivity index (χ1v) is 7.11. The van der Waals surface area contributed by atoms with Crippen molar-refractivity contribution in [1.82, 2.24) is 14.6 Å². The molecule has 0 fully saturated rings. The molecule has 3 aromatic rings. The average molecular weight is 303 g/mol. The fraction of sp³-hybridized carbons (Fsp3) is 0.214. The highest BCUT2D eigenvalue weighted by Gasteiger charge is 2.19. The van der Waals surface area contributed by atoms with Gasteiger partial charge in [-0.15, -0.1) is 0 Å². The molecule has 0 saturated heterocycles. The van der Waals surface area contributed by atoms with Crippen LogP contribution in [0, 0.1) is 6.92 Å². The van der Waals surface area contributed by atoms with Gasteiger partial charge in [-0.25, -0.2) is 9.78 Å². The Morgan fingerprint density at radius 2 is 2.10 bits per heavy atom. The lowest BCUT2D eigenvalue weighted by atomic mass is 10.1. The van der Waals surface area contributed by atoms with Crippen LogP contribution < -0.4 is 4.74 Å². The summed E-state index contributed by atoms with van der Waals surface area (Å²) in [6, 6.07) is 7.71. The largest absolute Gasteiger partial charge is 0.497 e. The molecule has 1 N–H and O–H groups in total. The molecule has 0 saturated carbocycles. The van der Waals surface area contributed by atoms with E-state index in [1.54, 1.807) is 14.0 Å². The summed E-state index contributed by atoms with van der Waals surface area (Å²) in [4.78, 5) is 16.1. The normalized spacial score (nSPS) is 11.0. The SMILES string of the molecule is COc1ccc(Cc2nn3c(C(=O)O)c(C)nc3s2)cc1. The molecule has 1 aromatic carbocycles. The number of hydrogen-bond acceptors (Lipinski definition) is 5. The van der Waals surface area contributed by atoms with Gasteiger partial charge in [0.1, 0.15) is 10.8 Å². The van der Waals surface area contributed by atoms with Crippen LogP contribution in [0.4, 0.5) is 0 Å². The Hall–Kier alpha value is -2.41. The summed E-state index contributed by atoms with van der Waals surface area (Å²) < 4.78 is 6.52. The summed E-state index contributed by atoms with van der Waals surface area (Å²) in [7, 11) is 1.63. The Morgan fingerprint density at radius 1 is 1.38 bits per heavy atom. The first-order chi connectivity index (χ1) is 10.1. The van der Waals surface area contributed by atoms with Gasteiger partial charge in [-0.1, -0.05) is 23.5 Å². The molecule has 0 aliphatic rings. The number of carboxylic acids is 1. The van der Waals surface area contributed by atoms with Crippen molar-refractivity contribution in [2.45, 2.75) is 13.3 Å². The minimum Gasteiger partial charge on any atom is -0.497 e. The Labute approximate surface area is 124 Å². The molecule has 2 heterocycles. The molecule has 0 spiro atoms. The molecule has 108 valence electrons. The number of aromatic carboxylic acids is 1. The van der Waals surface area contributed by atoms with Crippen molar-refractivity contribution in [1.29, 1.82) is 0 Å². The van der Waals surface area contributed by atoms with Crippen molar-refractivity contribution in [3.05, 3.63) is 46.2 Å². The molecule has 2 aromatic heterocycles. The van der Waals surface area contributed by atoms with Gasteiger partial charge in [0.2, 0.25) is 4.96 Å². The number of benzene rings is 1. The second kappa shape index (κ2) is 5.17. The van der Waals surface area contributed by atoms with Crippen LogP contribution in [0.5, 0.6) is 5.75 Å². The number of ether oxygens (including phenoxy) is 1. The van der Waals surface area contributed by atoms with Crippen LogP contribution in [0.2, 0.25) is 0 Å². The van der Waals surface area contributed by atoms with E-state index in [9.17, 15) is 9.90 Å². The molecular weight excluding hydrogens is 290 g/mol. The minimum absolute atomic E-state index is 0.127. The van der Waals surface area contributed by atoms with E-state index in [4.69, 9.17) is 4.74 Å². The lowest BCUT2D eigenvalue weighted by Crippen LogP contribution is -2.04. The van der Waals surface area contributed by atoms with Gasteiger partial charge in [0.25, 0.3) is 0 Å². The highest BCUT2D eigenvalue weighted by Crippen LogP contribution is 2.21. The van der Waals surface area contributed by atoms with E-state index in [0.29, 0.717) is 17.1 Å². The molecule has 0 radical (unpaired) electrons. The van der Waals surface area contributed by atoms with E-state index in [2.05, 4.69) is 10.1 Å². The number of imidazole rings is 1. The standard InChI is InChI=1S/C14H13N3O3S/c1-8-12(13(18)19)17-14(15-8)21-11(16-17)7-9-3-5-10(20-2)6-4-9/h3-6H,7H2,1-2H3,(H,18,19). The predicted molar refractivity (Wildman–Crippen MR) is 78.4 cm³/mol. The van der Waals surface area contributed by atoms with Crippen molar-refractivity contribution < 1.29 is 14.6 Å². The second-order valence-electron chi connectivity index (χ2n) is 4.57. The summed E-state index contributed by atoms with van der Waals surface area (Å²) in [6.07, 6.45) is 0.635. The maximum atomic E-state index is 11.2. The van der Waals surface area contributed by atoms with Crippen molar-refractivity contribution in [2.75, 3.05) is 7.11 Å². The topological polar surface area (TPSA) is 76.7 Å². The van der Waals surface area contributed by atoms with Crippen LogP contribution in [-0.2, 0) is 6.42 Å². The van der Waals surface area contributed by atoms with E-state index in [-0.39, 0.29) is 5.69 Å². The van der Waals surface area contributed by atoms with Gasteiger partial charge in [-0.3, -0.25) is 0 Å². The lowest BCUT2D eigenvalue weighted by molar-refractivity contribution is 0.0687. The van der Waals surface area contributed by atoms with E-state index < -0.39 is 5.97 Å². The second-order valence-corrected chi connectivity index (χ2v) is 5.61. The number of carboxylic acid groups (broad SMARTS) is 1. The molecule has 0 aliphatic carbocycles. The third kappa shape index (κ3) is 2.47. The number of methoxy groups -OCH3 is 1. The van der Waals surface area contributed by atoms with Gasteiger partial charge < -0.3 is 9.84 Å². The van der Waals surface area contributed by atoms with Crippen molar-refractivity contribution >= 4 is 22.3 Å². The molecule has 0 amide bonds. The molecule has 3 rings (SSSR count). The van der Waals surface area contributed by atoms with Gasteiger partial charge in [-0.2, -0.15) is 9.61 Å². The Balaban J connectivity index is 1.92. The van der Waals surface area contributed by atoms with Crippen LogP contribution in [0.3, 0.4) is 0 Å². The number of nitrogens with zero attached hydrogens (tertiary/aromatic N) is 3. The molecule has 0 aliphatic heterocycles. The molecule has 0 atom stereocenters. The van der Waals surface area contributed by atoms with Gasteiger partial charge in [0.05, 0.1) is 12.8 Å². The number of rotatable bonds is 4. The van der Waals surface area contributed by atoms with Crippen LogP contribution in [-0.4, -0.2) is 32.8 Å². The maximum absolute atomic E-state index is 11.2. The monoisotopic (exact) mass is 303 g/mol. The van der Waals surface area contributed by atoms with E-state index >= 15 is 0 Å².